The van der Waals surface area contributed by atoms with Crippen molar-refractivity contribution in [1.82, 2.24) is 0 Å². The molecule has 0 amide bonds. The summed E-state index contributed by atoms with van der Waals surface area (Å²) in [5, 5.41) is -0.729. The lowest BCUT2D eigenvalue weighted by Gasteiger charge is -2.41. The zero-order chi connectivity index (χ0) is 10.9. The van der Waals surface area contributed by atoms with Crippen LogP contribution < -0.4 is 0 Å². The van der Waals surface area contributed by atoms with Gasteiger partial charge in [-0.15, -0.1) is 47.4 Å². The van der Waals surface area contributed by atoms with E-state index >= 15 is 0 Å². The van der Waals surface area contributed by atoms with Gasteiger partial charge in [0.2, 0.25) is 0 Å². The van der Waals surface area contributed by atoms with Crippen molar-refractivity contribution in [1.29, 1.82) is 0 Å². The normalized spacial score (nSPS) is 41.7. The van der Waals surface area contributed by atoms with Crippen LogP contribution in [0.2, 0.25) is 0 Å². The molecule has 0 N–H and O–H groups in total. The molecule has 0 saturated carbocycles. The van der Waals surface area contributed by atoms with E-state index in [1.165, 1.54) is 0 Å². The molecule has 1 heterocycles. The van der Waals surface area contributed by atoms with Gasteiger partial charge in [0.15, 0.2) is 7.59 Å². The van der Waals surface area contributed by atoms with Gasteiger partial charge in [0.1, 0.15) is 5.56 Å². The third kappa shape index (κ3) is 1.96. The Balaban J connectivity index is 3.04. The molecular weight excluding hydrogens is 298 g/mol. The maximum Gasteiger partial charge on any atom is 0.270 e. The van der Waals surface area contributed by atoms with Crippen LogP contribution in [-0.4, -0.2) is 31.4 Å². The van der Waals surface area contributed by atoms with Gasteiger partial charge in [-0.2, -0.15) is 0 Å². The first-order chi connectivity index (χ1) is 6.49. The van der Waals surface area contributed by atoms with Crippen molar-refractivity contribution in [2.24, 2.45) is 0 Å². The van der Waals surface area contributed by atoms with E-state index in [0.717, 1.165) is 0 Å². The van der Waals surface area contributed by atoms with E-state index in [-0.39, 0.29) is 5.00 Å². The van der Waals surface area contributed by atoms with Gasteiger partial charge in [0.05, 0.1) is 10.4 Å². The highest BCUT2D eigenvalue weighted by Crippen LogP contribution is 2.37. The van der Waals surface area contributed by atoms with Gasteiger partial charge in [0, 0.05) is 0 Å². The minimum absolute atomic E-state index is 0.287. The van der Waals surface area contributed by atoms with Crippen molar-refractivity contribution < 1.29 is 4.43 Å². The van der Waals surface area contributed by atoms with Crippen LogP contribution in [0.3, 0.4) is 0 Å². The number of hydrogen-bond donors (Lipinski definition) is 0. The van der Waals surface area contributed by atoms with Crippen molar-refractivity contribution in [2.75, 3.05) is 0 Å². The van der Waals surface area contributed by atoms with E-state index in [4.69, 9.17) is 50.3 Å². The van der Waals surface area contributed by atoms with Crippen molar-refractivity contribution in [3.05, 3.63) is 24.6 Å². The summed E-state index contributed by atoms with van der Waals surface area (Å²) in [6.45, 7) is 7.52. The van der Waals surface area contributed by atoms with Gasteiger partial charge in [-0.05, 0) is 0 Å². The molecule has 80 valence electrons. The predicted molar refractivity (Wildman–Crippen MR) is 69.2 cm³/mol. The number of hydrogen-bond acceptors (Lipinski definition) is 1. The molecule has 0 aromatic rings. The Morgan fingerprint density at radius 2 is 1.71 bits per heavy atom. The number of alkyl halides is 3. The molecule has 0 spiro atoms. The lowest BCUT2D eigenvalue weighted by Crippen LogP contribution is -2.64. The topological polar surface area (TPSA) is 9.23 Å². The summed E-state index contributed by atoms with van der Waals surface area (Å²) >= 11 is 24.4. The fourth-order valence-corrected chi connectivity index (χ4v) is 15.2. The summed E-state index contributed by atoms with van der Waals surface area (Å²) in [6.07, 6.45) is 0. The Labute approximate surface area is 106 Å². The monoisotopic (exact) mass is 306 g/mol. The molecule has 1 aliphatic heterocycles. The summed E-state index contributed by atoms with van der Waals surface area (Å²) in [7, 11) is -4.16. The van der Waals surface area contributed by atoms with Crippen LogP contribution in [0.25, 0.3) is 0 Å². The van der Waals surface area contributed by atoms with Gasteiger partial charge in [-0.3, -0.25) is 0 Å². The summed E-state index contributed by atoms with van der Waals surface area (Å²) < 4.78 is 5.44. The Hall–Kier alpha value is 1.03. The highest BCUT2D eigenvalue weighted by Gasteiger charge is 2.54. The van der Waals surface area contributed by atoms with Crippen LogP contribution in [-0.2, 0) is 4.43 Å². The first kappa shape index (κ1) is 13.1. The molecule has 1 saturated heterocycles. The largest absolute Gasteiger partial charge is 0.390 e. The molecule has 0 radical (unpaired) electrons. The SMILES string of the molecule is C=C[Si]1(C=C)C(Cl)C(Cl)C(Cl)O[SiH]1Cl. The van der Waals surface area contributed by atoms with E-state index in [1.807, 2.05) is 0 Å². The quantitative estimate of drug-likeness (QED) is 0.433. The van der Waals surface area contributed by atoms with E-state index in [9.17, 15) is 0 Å². The Morgan fingerprint density at radius 1 is 1.21 bits per heavy atom. The second-order valence-electron chi connectivity index (χ2n) is 3.06. The molecule has 1 rings (SSSR count). The molecule has 4 atom stereocenters. The fourth-order valence-electron chi connectivity index (χ4n) is 1.33. The molecule has 1 aliphatic rings. The Kier molecular flexibility index (Phi) is 4.60. The maximum atomic E-state index is 6.25. The van der Waals surface area contributed by atoms with Crippen LogP contribution in [0.4, 0.5) is 0 Å². The van der Waals surface area contributed by atoms with Crippen molar-refractivity contribution in [3.8, 4) is 0 Å². The average Bonchev–Trinajstić information content (AvgIpc) is 2.17. The minimum atomic E-state index is -2.18. The highest BCUT2D eigenvalue weighted by atomic mass is 35.6. The van der Waals surface area contributed by atoms with Gasteiger partial charge in [0.25, 0.3) is 7.87 Å². The molecule has 0 aliphatic carbocycles. The van der Waals surface area contributed by atoms with Crippen molar-refractivity contribution >= 4 is 61.3 Å². The van der Waals surface area contributed by atoms with E-state index < -0.39 is 26.4 Å². The Bertz CT molecular complexity index is 242. The maximum absolute atomic E-state index is 6.25. The summed E-state index contributed by atoms with van der Waals surface area (Å²) in [5.41, 5.74) is 2.98. The second kappa shape index (κ2) is 4.91. The predicted octanol–water partition coefficient (Wildman–Crippen LogP) is 2.77. The molecule has 14 heavy (non-hydrogen) atoms. The number of halogens is 4. The van der Waals surface area contributed by atoms with Gasteiger partial charge >= 0.3 is 0 Å². The second-order valence-corrected chi connectivity index (χ2v) is 16.0. The standard InChI is InChI=1S/C7H10Cl4OSi2/c1-3-14(4-2)7(10)5(8)6(9)12-13(14)11/h3-7,13H,1-2H2. The minimum Gasteiger partial charge on any atom is -0.390 e. The molecule has 0 aromatic carbocycles. The molecular formula is C7H10Cl4OSi2. The zero-order valence-electron chi connectivity index (χ0n) is 7.30. The smallest absolute Gasteiger partial charge is 0.270 e. The summed E-state index contributed by atoms with van der Waals surface area (Å²) in [4.78, 5) is 0. The van der Waals surface area contributed by atoms with Crippen LogP contribution in [0.15, 0.2) is 24.6 Å². The molecule has 7 heteroatoms. The third-order valence-electron chi connectivity index (χ3n) is 2.36. The first-order valence-corrected chi connectivity index (χ1v) is 11.6. The van der Waals surface area contributed by atoms with Crippen molar-refractivity contribution in [2.45, 2.75) is 15.9 Å². The van der Waals surface area contributed by atoms with Crippen LogP contribution in [0.1, 0.15) is 0 Å². The van der Waals surface area contributed by atoms with Crippen LogP contribution in [0.5, 0.6) is 0 Å². The first-order valence-electron chi connectivity index (χ1n) is 3.98. The average molecular weight is 308 g/mol. The Morgan fingerprint density at radius 3 is 2.14 bits per heavy atom. The lowest BCUT2D eigenvalue weighted by molar-refractivity contribution is 0.287. The molecule has 0 bridgehead atoms. The third-order valence-corrected chi connectivity index (χ3v) is 18.9. The summed E-state index contributed by atoms with van der Waals surface area (Å²) in [6, 6.07) is 0. The lowest BCUT2D eigenvalue weighted by atomic mass is 10.5. The number of rotatable bonds is 2. The molecule has 0 aromatic heterocycles. The fraction of sp³-hybridized carbons (Fsp3) is 0.429. The molecule has 1 nitrogen and oxygen atoms in total. The van der Waals surface area contributed by atoms with E-state index in [1.54, 1.807) is 11.4 Å². The van der Waals surface area contributed by atoms with Crippen LogP contribution in [0, 0.1) is 0 Å². The molecule has 4 unspecified atom stereocenters. The summed E-state index contributed by atoms with van der Waals surface area (Å²) in [5.74, 6) is 0. The van der Waals surface area contributed by atoms with Gasteiger partial charge in [-0.25, -0.2) is 0 Å². The zero-order valence-corrected chi connectivity index (χ0v) is 12.5. The van der Waals surface area contributed by atoms with Gasteiger partial charge in [-0.1, -0.05) is 23.0 Å². The van der Waals surface area contributed by atoms with Crippen molar-refractivity contribution in [3.63, 3.8) is 0 Å². The van der Waals surface area contributed by atoms with Crippen LogP contribution >= 0.6 is 45.9 Å². The highest BCUT2D eigenvalue weighted by molar-refractivity contribution is 7.52. The van der Waals surface area contributed by atoms with E-state index in [2.05, 4.69) is 13.2 Å². The van der Waals surface area contributed by atoms with Gasteiger partial charge < -0.3 is 4.43 Å². The van der Waals surface area contributed by atoms with E-state index in [0.29, 0.717) is 0 Å². The molecule has 1 fully saturated rings.